The molecule has 6 aliphatic rings. The fraction of sp³-hybridized carbons (Fsp3) is 0.609. The quantitative estimate of drug-likeness (QED) is 0.171. The van der Waals surface area contributed by atoms with Crippen molar-refractivity contribution >= 4 is 44.3 Å². The molecule has 0 bridgehead atoms. The second-order valence-electron chi connectivity index (χ2n) is 16.6. The number of carbonyl (C=O) groups excluding carboxylic acids is 6. The van der Waals surface area contributed by atoms with E-state index >= 15 is 0 Å². The number of esters is 3. The van der Waals surface area contributed by atoms with Gasteiger partial charge in [-0.25, -0.2) is 19.2 Å². The van der Waals surface area contributed by atoms with Gasteiger partial charge in [0.2, 0.25) is 0 Å². The first kappa shape index (κ1) is 52.6. The van der Waals surface area contributed by atoms with Crippen LogP contribution in [0.4, 0.5) is 9.59 Å². The molecule has 2 amide bonds. The molecule has 3 N–H and O–H groups in total. The summed E-state index contributed by atoms with van der Waals surface area (Å²) in [7, 11) is 0. The third-order valence-corrected chi connectivity index (χ3v) is 13.1. The third-order valence-electron chi connectivity index (χ3n) is 13.1. The molecule has 3 saturated carbocycles. The van der Waals surface area contributed by atoms with Gasteiger partial charge in [0.15, 0.2) is 0 Å². The SMILES string of the molecule is CCOC(=O)[C@@H]1[C@H]2CCC(=O)[C@H]2CN1C(=O)OCc1ccccc1.CCOC(=O)[C@@H]1[C@H]2CCC(O)[C@H]2CN1C(=O)OCc1ccccc1.CCOC(=O)[C@H]1NC[C@@H]2C(O)CC[C@H]12.[B].[H-].[Na+]. The molecule has 3 radical (unpaired) electrons. The number of fused-ring (bicyclic) bond motifs is 3. The Morgan fingerprint density at radius 3 is 1.61 bits per heavy atom. The van der Waals surface area contributed by atoms with E-state index in [1.165, 1.54) is 9.80 Å². The van der Waals surface area contributed by atoms with Crippen LogP contribution in [-0.2, 0) is 56.1 Å². The van der Waals surface area contributed by atoms with Crippen LogP contribution in [0.5, 0.6) is 0 Å². The predicted molar refractivity (Wildman–Crippen MR) is 228 cm³/mol. The average Bonchev–Trinajstić information content (AvgIpc) is 4.14. The largest absolute Gasteiger partial charge is 1.00 e. The molecule has 2 aromatic carbocycles. The van der Waals surface area contributed by atoms with Crippen LogP contribution in [0, 0.1) is 35.5 Å². The predicted octanol–water partition coefficient (Wildman–Crippen LogP) is 0.768. The van der Waals surface area contributed by atoms with Crippen molar-refractivity contribution in [1.82, 2.24) is 15.1 Å². The van der Waals surface area contributed by atoms with Crippen LogP contribution in [0.3, 0.4) is 0 Å². The molecule has 0 spiro atoms. The maximum atomic E-state index is 12.5. The van der Waals surface area contributed by atoms with E-state index in [9.17, 15) is 39.0 Å². The molecule has 6 fully saturated rings. The summed E-state index contributed by atoms with van der Waals surface area (Å²) < 4.78 is 25.9. The van der Waals surface area contributed by atoms with E-state index in [1.54, 1.807) is 13.8 Å². The number of Topliss-reactive ketones (excluding diaryl/α,β-unsaturated/α-hetero) is 1. The standard InChI is InChI=1S/C18H23NO5.C18H21NO5.C10H17NO3.B.Na.H/c2*1-2-23-17(21)16-13-8-9-15(20)14(13)10-19(16)18(22)24-11-12-6-4-3-5-7-12;1-2-14-10(13)9-6-3-4-8(12)7(6)5-11-9;;;/h3-7,13-16,20H,2,8-11H2,1H3;3-7,13-14,16H,2,8-11H2,1H3;6-9,11-12H,2-5H2,1H3;;;/q;;;;+1;-1/t13-,14-,15?,16-;13-,14-,16-;6-,7-,8?,9-;;;/m000.../s1. The number of amides is 2. The van der Waals surface area contributed by atoms with Crippen LogP contribution in [-0.4, -0.2) is 134 Å². The minimum Gasteiger partial charge on any atom is -1.00 e. The van der Waals surface area contributed by atoms with Gasteiger partial charge in [-0.15, -0.1) is 0 Å². The van der Waals surface area contributed by atoms with Crippen LogP contribution in [0.2, 0.25) is 0 Å². The number of carbonyl (C=O) groups is 6. The molecule has 64 heavy (non-hydrogen) atoms. The summed E-state index contributed by atoms with van der Waals surface area (Å²) in [6, 6.07) is 17.2. The number of hydrogen-bond donors (Lipinski definition) is 3. The summed E-state index contributed by atoms with van der Waals surface area (Å²) >= 11 is 0. The van der Waals surface area contributed by atoms with Gasteiger partial charge >= 0.3 is 59.7 Å². The van der Waals surface area contributed by atoms with Gasteiger partial charge in [0.05, 0.1) is 32.0 Å². The molecule has 3 heterocycles. The first-order valence-electron chi connectivity index (χ1n) is 22.0. The number of benzene rings is 2. The molecule has 11 atom stereocenters. The van der Waals surface area contributed by atoms with E-state index in [0.29, 0.717) is 32.4 Å². The number of hydrogen-bond acceptors (Lipinski definition) is 14. The Balaban J connectivity index is 0.000000262. The summed E-state index contributed by atoms with van der Waals surface area (Å²) in [5.41, 5.74) is 1.76. The van der Waals surface area contributed by atoms with E-state index < -0.39 is 42.3 Å². The van der Waals surface area contributed by atoms with Gasteiger partial charge in [0.1, 0.15) is 37.1 Å². The van der Waals surface area contributed by atoms with Gasteiger partial charge in [0, 0.05) is 58.1 Å². The Hall–Kier alpha value is -4.00. The van der Waals surface area contributed by atoms with E-state index in [1.807, 2.05) is 67.6 Å². The molecule has 3 saturated heterocycles. The smallest absolute Gasteiger partial charge is 1.00 e. The molecule has 343 valence electrons. The Morgan fingerprint density at radius 1 is 0.609 bits per heavy atom. The second kappa shape index (κ2) is 25.1. The topological polar surface area (TPSA) is 208 Å². The Morgan fingerprint density at radius 2 is 1.08 bits per heavy atom. The third kappa shape index (κ3) is 12.5. The molecule has 2 unspecified atom stereocenters. The van der Waals surface area contributed by atoms with Crippen molar-refractivity contribution in [3.05, 3.63) is 71.8 Å². The molecule has 3 aliphatic heterocycles. The fourth-order valence-electron chi connectivity index (χ4n) is 10.1. The van der Waals surface area contributed by atoms with Crippen molar-refractivity contribution in [1.29, 1.82) is 0 Å². The van der Waals surface area contributed by atoms with Crippen LogP contribution >= 0.6 is 0 Å². The van der Waals surface area contributed by atoms with Crippen molar-refractivity contribution in [2.45, 2.75) is 103 Å². The number of nitrogens with zero attached hydrogens (tertiary/aromatic N) is 2. The Kier molecular flexibility index (Phi) is 20.6. The molecule has 3 aliphatic carbocycles. The average molecular weight is 899 g/mol. The van der Waals surface area contributed by atoms with Crippen LogP contribution < -0.4 is 34.9 Å². The monoisotopic (exact) mass is 898 g/mol. The minimum atomic E-state index is -0.718. The zero-order valence-electron chi connectivity index (χ0n) is 38.4. The number of aliphatic hydroxyl groups excluding tert-OH is 2. The normalized spacial score (nSPS) is 29.2. The van der Waals surface area contributed by atoms with Crippen LogP contribution in [0.1, 0.15) is 71.8 Å². The van der Waals surface area contributed by atoms with E-state index in [0.717, 1.165) is 36.9 Å². The van der Waals surface area contributed by atoms with Crippen LogP contribution in [0.15, 0.2) is 60.7 Å². The van der Waals surface area contributed by atoms with E-state index in [4.69, 9.17) is 23.7 Å². The van der Waals surface area contributed by atoms with Crippen molar-refractivity contribution in [3.63, 3.8) is 0 Å². The molecule has 16 nitrogen and oxygen atoms in total. The number of nitrogens with one attached hydrogen (secondary N) is 1. The maximum Gasteiger partial charge on any atom is 1.00 e. The number of ketones is 1. The van der Waals surface area contributed by atoms with E-state index in [2.05, 4.69) is 5.32 Å². The van der Waals surface area contributed by atoms with Gasteiger partial charge in [-0.3, -0.25) is 19.4 Å². The summed E-state index contributed by atoms with van der Waals surface area (Å²) in [4.78, 5) is 75.9. The van der Waals surface area contributed by atoms with Crippen molar-refractivity contribution in [3.8, 4) is 0 Å². The molecule has 2 aromatic rings. The second-order valence-corrected chi connectivity index (χ2v) is 16.6. The molecule has 18 heteroatoms. The van der Waals surface area contributed by atoms with Crippen molar-refractivity contribution < 1.29 is 93.6 Å². The van der Waals surface area contributed by atoms with Crippen LogP contribution in [0.25, 0.3) is 0 Å². The van der Waals surface area contributed by atoms with Crippen molar-refractivity contribution in [2.24, 2.45) is 35.5 Å². The number of likely N-dealkylation sites (tertiary alicyclic amines) is 2. The molecular formula is C46H62BN3NaO13. The first-order valence-corrected chi connectivity index (χ1v) is 22.0. The van der Waals surface area contributed by atoms with Gasteiger partial charge in [-0.1, -0.05) is 60.7 Å². The van der Waals surface area contributed by atoms with Gasteiger partial charge in [0.25, 0.3) is 0 Å². The zero-order valence-corrected chi connectivity index (χ0v) is 39.4. The first-order chi connectivity index (χ1) is 30.0. The Labute approximate surface area is 400 Å². The Bertz CT molecular complexity index is 1870. The number of rotatable bonds is 10. The molecule has 0 aromatic heterocycles. The zero-order chi connectivity index (χ0) is 44.3. The van der Waals surface area contributed by atoms with Gasteiger partial charge in [-0.05, 0) is 75.8 Å². The minimum absolute atomic E-state index is 0. The van der Waals surface area contributed by atoms with E-state index in [-0.39, 0.29) is 132 Å². The summed E-state index contributed by atoms with van der Waals surface area (Å²) in [5.74, 6) is -0.918. The maximum absolute atomic E-state index is 12.5. The fourth-order valence-corrected chi connectivity index (χ4v) is 10.1. The number of ether oxygens (including phenoxy) is 5. The summed E-state index contributed by atoms with van der Waals surface area (Å²) in [6.07, 6.45) is 2.43. The molecule has 8 rings (SSSR count). The van der Waals surface area contributed by atoms with Crippen molar-refractivity contribution in [2.75, 3.05) is 39.5 Å². The van der Waals surface area contributed by atoms with Gasteiger partial charge < -0.3 is 40.6 Å². The molecular weight excluding hydrogens is 836 g/mol. The summed E-state index contributed by atoms with van der Waals surface area (Å²) in [5, 5.41) is 22.9. The van der Waals surface area contributed by atoms with Gasteiger partial charge in [-0.2, -0.15) is 0 Å². The summed E-state index contributed by atoms with van der Waals surface area (Å²) in [6.45, 7) is 7.83. The number of aliphatic hydroxyl groups is 2.